The Morgan fingerprint density at radius 2 is 1.90 bits per heavy atom. The van der Waals surface area contributed by atoms with Crippen molar-refractivity contribution in [1.82, 2.24) is 15.1 Å². The van der Waals surface area contributed by atoms with E-state index in [1.165, 1.54) is 6.20 Å². The summed E-state index contributed by atoms with van der Waals surface area (Å²) in [4.78, 5) is 0. The summed E-state index contributed by atoms with van der Waals surface area (Å²) in [5.74, 6) is 0.609. The Bertz CT molecular complexity index is 591. The summed E-state index contributed by atoms with van der Waals surface area (Å²) in [5.41, 5.74) is -0.312. The van der Waals surface area contributed by atoms with Crippen LogP contribution in [0.3, 0.4) is 0 Å². The van der Waals surface area contributed by atoms with Crippen LogP contribution in [0.4, 0.5) is 13.2 Å². The van der Waals surface area contributed by atoms with Crippen LogP contribution in [0.5, 0.6) is 5.75 Å². The van der Waals surface area contributed by atoms with Gasteiger partial charge in [-0.15, -0.1) is 0 Å². The average Bonchev–Trinajstić information content (AvgIpc) is 2.84. The lowest BCUT2D eigenvalue weighted by molar-refractivity contribution is -0.143. The first-order valence-electron chi connectivity index (χ1n) is 6.49. The lowest BCUT2D eigenvalue weighted by Gasteiger charge is -2.13. The Morgan fingerprint density at radius 3 is 2.43 bits per heavy atom. The second-order valence-corrected chi connectivity index (χ2v) is 4.39. The Kier molecular flexibility index (Phi) is 4.52. The Morgan fingerprint density at radius 1 is 1.24 bits per heavy atom. The summed E-state index contributed by atoms with van der Waals surface area (Å²) in [7, 11) is 1.59. The maximum absolute atomic E-state index is 13.2. The number of nitrogens with zero attached hydrogens (tertiary/aromatic N) is 2. The molecule has 0 unspecified atom stereocenters. The van der Waals surface area contributed by atoms with Gasteiger partial charge >= 0.3 is 6.18 Å². The van der Waals surface area contributed by atoms with E-state index >= 15 is 0 Å². The van der Waals surface area contributed by atoms with Crippen LogP contribution in [0.15, 0.2) is 30.5 Å². The van der Waals surface area contributed by atoms with Gasteiger partial charge in [0.1, 0.15) is 5.75 Å². The van der Waals surface area contributed by atoms with Crippen molar-refractivity contribution >= 4 is 0 Å². The number of alkyl halides is 3. The molecule has 114 valence electrons. The zero-order chi connectivity index (χ0) is 15.5. The minimum absolute atomic E-state index is 0.103. The predicted molar refractivity (Wildman–Crippen MR) is 72.5 cm³/mol. The van der Waals surface area contributed by atoms with E-state index in [1.807, 2.05) is 6.92 Å². The Balaban J connectivity index is 2.43. The molecule has 0 atom stereocenters. The molecule has 21 heavy (non-hydrogen) atoms. The van der Waals surface area contributed by atoms with Crippen molar-refractivity contribution in [3.63, 3.8) is 0 Å². The molecule has 0 saturated heterocycles. The van der Waals surface area contributed by atoms with Gasteiger partial charge in [0, 0.05) is 12.1 Å². The number of aromatic nitrogens is 2. The van der Waals surface area contributed by atoms with E-state index in [0.29, 0.717) is 18.0 Å². The maximum atomic E-state index is 13.2. The van der Waals surface area contributed by atoms with Gasteiger partial charge in [0.15, 0.2) is 5.69 Å². The van der Waals surface area contributed by atoms with Crippen molar-refractivity contribution in [3.8, 4) is 11.4 Å². The van der Waals surface area contributed by atoms with Gasteiger partial charge in [-0.2, -0.15) is 18.3 Å². The molecule has 0 bridgehead atoms. The van der Waals surface area contributed by atoms with Crippen molar-refractivity contribution in [3.05, 3.63) is 41.7 Å². The van der Waals surface area contributed by atoms with Gasteiger partial charge in [0.2, 0.25) is 0 Å². The summed E-state index contributed by atoms with van der Waals surface area (Å²) in [5, 5.41) is 6.58. The molecular formula is C14H16F3N3O. The SMILES string of the molecule is CCOc1ccc(-n2ncc(CNC)c2C(F)(F)F)cc1. The third kappa shape index (κ3) is 3.36. The van der Waals surface area contributed by atoms with E-state index in [9.17, 15) is 13.2 Å². The molecule has 2 aromatic rings. The molecule has 0 spiro atoms. The van der Waals surface area contributed by atoms with Crippen LogP contribution in [0.25, 0.3) is 5.69 Å². The minimum atomic E-state index is -4.47. The van der Waals surface area contributed by atoms with Crippen molar-refractivity contribution in [2.24, 2.45) is 0 Å². The fraction of sp³-hybridized carbons (Fsp3) is 0.357. The second-order valence-electron chi connectivity index (χ2n) is 4.39. The molecule has 0 saturated carbocycles. The van der Waals surface area contributed by atoms with E-state index in [-0.39, 0.29) is 12.1 Å². The van der Waals surface area contributed by atoms with Gasteiger partial charge in [0.25, 0.3) is 0 Å². The first-order valence-corrected chi connectivity index (χ1v) is 6.49. The average molecular weight is 299 g/mol. The van der Waals surface area contributed by atoms with Crippen LogP contribution in [0, 0.1) is 0 Å². The normalized spacial score (nSPS) is 11.7. The highest BCUT2D eigenvalue weighted by Crippen LogP contribution is 2.33. The maximum Gasteiger partial charge on any atom is 0.433 e. The Labute approximate surface area is 120 Å². The third-order valence-electron chi connectivity index (χ3n) is 2.87. The fourth-order valence-electron chi connectivity index (χ4n) is 2.05. The predicted octanol–water partition coefficient (Wildman–Crippen LogP) is 3.01. The molecule has 0 fully saturated rings. The van der Waals surface area contributed by atoms with Crippen molar-refractivity contribution in [1.29, 1.82) is 0 Å². The van der Waals surface area contributed by atoms with Crippen LogP contribution in [-0.4, -0.2) is 23.4 Å². The zero-order valence-corrected chi connectivity index (χ0v) is 11.7. The molecule has 7 heteroatoms. The van der Waals surface area contributed by atoms with Crippen LogP contribution in [-0.2, 0) is 12.7 Å². The largest absolute Gasteiger partial charge is 0.494 e. The minimum Gasteiger partial charge on any atom is -0.494 e. The number of ether oxygens (including phenoxy) is 1. The molecule has 0 aliphatic heterocycles. The molecule has 1 N–H and O–H groups in total. The highest BCUT2D eigenvalue weighted by molar-refractivity contribution is 5.40. The highest BCUT2D eigenvalue weighted by Gasteiger charge is 2.38. The quantitative estimate of drug-likeness (QED) is 0.922. The summed E-state index contributed by atoms with van der Waals surface area (Å²) in [6.07, 6.45) is -3.24. The third-order valence-corrected chi connectivity index (χ3v) is 2.87. The van der Waals surface area contributed by atoms with Crippen LogP contribution in [0.2, 0.25) is 0 Å². The van der Waals surface area contributed by atoms with Gasteiger partial charge < -0.3 is 10.1 Å². The molecule has 0 radical (unpaired) electrons. The fourth-order valence-corrected chi connectivity index (χ4v) is 2.05. The molecule has 0 aliphatic rings. The Hall–Kier alpha value is -2.02. The van der Waals surface area contributed by atoms with Gasteiger partial charge in [-0.1, -0.05) is 0 Å². The molecule has 0 aliphatic carbocycles. The van der Waals surface area contributed by atoms with Crippen molar-refractivity contribution < 1.29 is 17.9 Å². The lowest BCUT2D eigenvalue weighted by atomic mass is 10.2. The van der Waals surface area contributed by atoms with Crippen LogP contribution >= 0.6 is 0 Å². The van der Waals surface area contributed by atoms with Crippen molar-refractivity contribution in [2.75, 3.05) is 13.7 Å². The van der Waals surface area contributed by atoms with Gasteiger partial charge in [-0.25, -0.2) is 4.68 Å². The molecule has 1 heterocycles. The van der Waals surface area contributed by atoms with Crippen LogP contribution < -0.4 is 10.1 Å². The molecule has 1 aromatic carbocycles. The van der Waals surface area contributed by atoms with E-state index in [0.717, 1.165) is 4.68 Å². The number of nitrogens with one attached hydrogen (secondary N) is 1. The van der Waals surface area contributed by atoms with Gasteiger partial charge in [0.05, 0.1) is 18.5 Å². The van der Waals surface area contributed by atoms with E-state index in [2.05, 4.69) is 10.4 Å². The van der Waals surface area contributed by atoms with Crippen molar-refractivity contribution in [2.45, 2.75) is 19.6 Å². The highest BCUT2D eigenvalue weighted by atomic mass is 19.4. The molecule has 1 aromatic heterocycles. The second kappa shape index (κ2) is 6.17. The molecular weight excluding hydrogens is 283 g/mol. The van der Waals surface area contributed by atoms with E-state index in [1.54, 1.807) is 31.3 Å². The van der Waals surface area contributed by atoms with Gasteiger partial charge in [-0.3, -0.25) is 0 Å². The first-order chi connectivity index (χ1) is 9.97. The van der Waals surface area contributed by atoms with E-state index in [4.69, 9.17) is 4.74 Å². The lowest BCUT2D eigenvalue weighted by Crippen LogP contribution is -2.17. The number of hydrogen-bond donors (Lipinski definition) is 1. The number of benzene rings is 1. The molecule has 0 amide bonds. The van der Waals surface area contributed by atoms with Crippen LogP contribution in [0.1, 0.15) is 18.2 Å². The number of halogens is 3. The summed E-state index contributed by atoms with van der Waals surface area (Å²) in [6, 6.07) is 6.35. The standard InChI is InChI=1S/C14H16F3N3O/c1-3-21-12-6-4-11(5-7-12)20-13(14(15,16)17)10(8-18-2)9-19-20/h4-7,9,18H,3,8H2,1-2H3. The molecule has 4 nitrogen and oxygen atoms in total. The molecule has 2 rings (SSSR count). The zero-order valence-electron chi connectivity index (χ0n) is 11.7. The number of hydrogen-bond acceptors (Lipinski definition) is 3. The number of rotatable bonds is 5. The summed E-state index contributed by atoms with van der Waals surface area (Å²) >= 11 is 0. The summed E-state index contributed by atoms with van der Waals surface area (Å²) in [6.45, 7) is 2.44. The van der Waals surface area contributed by atoms with E-state index < -0.39 is 11.9 Å². The monoisotopic (exact) mass is 299 g/mol. The van der Waals surface area contributed by atoms with Gasteiger partial charge in [-0.05, 0) is 38.2 Å². The smallest absolute Gasteiger partial charge is 0.433 e. The summed E-state index contributed by atoms with van der Waals surface area (Å²) < 4.78 is 45.9. The first kappa shape index (κ1) is 15.4. The topological polar surface area (TPSA) is 39.1 Å².